The second kappa shape index (κ2) is 7.31. The Morgan fingerprint density at radius 2 is 2.12 bits per heavy atom. The molecule has 0 N–H and O–H groups in total. The molecule has 7 nitrogen and oxygen atoms in total. The first kappa shape index (κ1) is 17.5. The van der Waals surface area contributed by atoms with Gasteiger partial charge in [0.2, 0.25) is 5.91 Å². The summed E-state index contributed by atoms with van der Waals surface area (Å²) in [5.74, 6) is 1.36. The Kier molecular flexibility index (Phi) is 5.13. The Balaban J connectivity index is 1.79. The van der Waals surface area contributed by atoms with E-state index in [-0.39, 0.29) is 11.8 Å². The third-order valence-electron chi connectivity index (χ3n) is 4.78. The van der Waals surface area contributed by atoms with Crippen LogP contribution in [0.1, 0.15) is 30.3 Å². The second-order valence-electron chi connectivity index (χ2n) is 7.00. The lowest BCUT2D eigenvalue weighted by Gasteiger charge is -2.33. The van der Waals surface area contributed by atoms with E-state index in [4.69, 9.17) is 4.98 Å². The zero-order valence-corrected chi connectivity index (χ0v) is 15.4. The van der Waals surface area contributed by atoms with Crippen molar-refractivity contribution in [1.29, 1.82) is 0 Å². The highest BCUT2D eigenvalue weighted by Crippen LogP contribution is 2.27. The number of amides is 1. The molecule has 0 saturated carbocycles. The van der Waals surface area contributed by atoms with Gasteiger partial charge in [-0.3, -0.25) is 9.78 Å². The van der Waals surface area contributed by atoms with Gasteiger partial charge in [0.15, 0.2) is 0 Å². The largest absolute Gasteiger partial charge is 0.341 e. The number of carbonyl (C=O) groups excluding carboxylic acids is 1. The normalized spacial score (nSPS) is 18.0. The standard InChI is InChI=1S/C18H26N6O/c1-13-20-10-17(23(13)4)16-9-19-8-15(21-16)14-6-5-7-24(11-14)18(25)12-22(2)3/h8-10,14H,5-7,11-12H2,1-4H3. The minimum atomic E-state index is 0.182. The molecule has 1 amide bonds. The van der Waals surface area contributed by atoms with E-state index in [9.17, 15) is 4.79 Å². The zero-order valence-electron chi connectivity index (χ0n) is 15.4. The molecule has 1 saturated heterocycles. The lowest BCUT2D eigenvalue weighted by atomic mass is 9.95. The van der Waals surface area contributed by atoms with Crippen LogP contribution in [0.25, 0.3) is 11.4 Å². The maximum Gasteiger partial charge on any atom is 0.236 e. The molecule has 1 unspecified atom stereocenters. The Morgan fingerprint density at radius 3 is 2.80 bits per heavy atom. The molecule has 134 valence electrons. The third kappa shape index (κ3) is 3.87. The summed E-state index contributed by atoms with van der Waals surface area (Å²) in [5, 5.41) is 0. The van der Waals surface area contributed by atoms with Gasteiger partial charge < -0.3 is 14.4 Å². The number of piperidine rings is 1. The predicted octanol–water partition coefficient (Wildman–Crippen LogP) is 1.45. The Hall–Kier alpha value is -2.28. The number of likely N-dealkylation sites (tertiary alicyclic amines) is 1. The summed E-state index contributed by atoms with van der Waals surface area (Å²) in [7, 11) is 5.82. The smallest absolute Gasteiger partial charge is 0.236 e. The van der Waals surface area contributed by atoms with Crippen LogP contribution in [0.4, 0.5) is 0 Å². The maximum atomic E-state index is 12.4. The van der Waals surface area contributed by atoms with E-state index in [0.29, 0.717) is 6.54 Å². The van der Waals surface area contributed by atoms with Crippen LogP contribution < -0.4 is 0 Å². The average molecular weight is 342 g/mol. The summed E-state index contributed by atoms with van der Waals surface area (Å²) in [6.45, 7) is 3.97. The maximum absolute atomic E-state index is 12.4. The first-order valence-corrected chi connectivity index (χ1v) is 8.69. The number of aryl methyl sites for hydroxylation is 1. The van der Waals surface area contributed by atoms with Crippen molar-refractivity contribution in [2.45, 2.75) is 25.7 Å². The van der Waals surface area contributed by atoms with Gasteiger partial charge in [0.25, 0.3) is 0 Å². The van der Waals surface area contributed by atoms with Crippen molar-refractivity contribution in [3.63, 3.8) is 0 Å². The Labute approximate surface area is 148 Å². The van der Waals surface area contributed by atoms with E-state index in [0.717, 1.165) is 48.8 Å². The number of rotatable bonds is 4. The predicted molar refractivity (Wildman–Crippen MR) is 96.1 cm³/mol. The number of aromatic nitrogens is 4. The summed E-state index contributed by atoms with van der Waals surface area (Å²) in [6, 6.07) is 0. The topological polar surface area (TPSA) is 67.2 Å². The fourth-order valence-electron chi connectivity index (χ4n) is 3.26. The summed E-state index contributed by atoms with van der Waals surface area (Å²) >= 11 is 0. The molecule has 0 radical (unpaired) electrons. The highest BCUT2D eigenvalue weighted by atomic mass is 16.2. The van der Waals surface area contributed by atoms with Crippen molar-refractivity contribution in [2.75, 3.05) is 33.7 Å². The van der Waals surface area contributed by atoms with Crippen LogP contribution in [-0.4, -0.2) is 69.0 Å². The fourth-order valence-corrected chi connectivity index (χ4v) is 3.26. The number of hydrogen-bond donors (Lipinski definition) is 0. The number of imidazole rings is 1. The van der Waals surface area contributed by atoms with Crippen LogP contribution in [0.3, 0.4) is 0 Å². The first-order chi connectivity index (χ1) is 12.0. The molecule has 0 aromatic carbocycles. The minimum absolute atomic E-state index is 0.182. The molecule has 3 heterocycles. The molecule has 1 atom stereocenters. The van der Waals surface area contributed by atoms with E-state index >= 15 is 0 Å². The molecule has 2 aromatic heterocycles. The van der Waals surface area contributed by atoms with Crippen LogP contribution in [-0.2, 0) is 11.8 Å². The van der Waals surface area contributed by atoms with Crippen LogP contribution in [0.2, 0.25) is 0 Å². The van der Waals surface area contributed by atoms with E-state index in [2.05, 4.69) is 9.97 Å². The number of carbonyl (C=O) groups is 1. The molecule has 1 aliphatic rings. The van der Waals surface area contributed by atoms with Gasteiger partial charge in [-0.2, -0.15) is 0 Å². The molecule has 2 aromatic rings. The van der Waals surface area contributed by atoms with Gasteiger partial charge in [-0.25, -0.2) is 9.97 Å². The van der Waals surface area contributed by atoms with Gasteiger partial charge in [0.05, 0.1) is 30.3 Å². The van der Waals surface area contributed by atoms with Crippen molar-refractivity contribution < 1.29 is 4.79 Å². The summed E-state index contributed by atoms with van der Waals surface area (Å²) in [6.07, 6.45) is 7.47. The zero-order chi connectivity index (χ0) is 18.0. The molecular formula is C18H26N6O. The molecule has 3 rings (SSSR count). The Morgan fingerprint density at radius 1 is 1.32 bits per heavy atom. The van der Waals surface area contributed by atoms with Gasteiger partial charge in [-0.15, -0.1) is 0 Å². The van der Waals surface area contributed by atoms with E-state index in [1.165, 1.54) is 0 Å². The van der Waals surface area contributed by atoms with Crippen molar-refractivity contribution in [3.05, 3.63) is 30.1 Å². The van der Waals surface area contributed by atoms with E-state index < -0.39 is 0 Å². The quantitative estimate of drug-likeness (QED) is 0.841. The first-order valence-electron chi connectivity index (χ1n) is 8.69. The molecule has 0 bridgehead atoms. The van der Waals surface area contributed by atoms with Crippen LogP contribution in [0.15, 0.2) is 18.6 Å². The lowest BCUT2D eigenvalue weighted by molar-refractivity contribution is -0.133. The minimum Gasteiger partial charge on any atom is -0.341 e. The van der Waals surface area contributed by atoms with Crippen LogP contribution in [0, 0.1) is 6.92 Å². The SMILES string of the molecule is Cc1ncc(-c2cncc(C3CCCN(C(=O)CN(C)C)C3)n2)n1C. The number of likely N-dealkylation sites (N-methyl/N-ethyl adjacent to an activating group) is 1. The molecule has 25 heavy (non-hydrogen) atoms. The highest BCUT2D eigenvalue weighted by molar-refractivity contribution is 5.78. The van der Waals surface area contributed by atoms with Gasteiger partial charge in [0, 0.05) is 32.3 Å². The van der Waals surface area contributed by atoms with Crippen molar-refractivity contribution in [3.8, 4) is 11.4 Å². The Bertz CT molecular complexity index is 754. The molecule has 1 fully saturated rings. The van der Waals surface area contributed by atoms with Crippen molar-refractivity contribution >= 4 is 5.91 Å². The van der Waals surface area contributed by atoms with Gasteiger partial charge in [-0.1, -0.05) is 0 Å². The second-order valence-corrected chi connectivity index (χ2v) is 7.00. The highest BCUT2D eigenvalue weighted by Gasteiger charge is 2.26. The molecule has 0 spiro atoms. The van der Waals surface area contributed by atoms with Crippen LogP contribution in [0.5, 0.6) is 0 Å². The van der Waals surface area contributed by atoms with Gasteiger partial charge in [-0.05, 0) is 33.9 Å². The van der Waals surface area contributed by atoms with Crippen molar-refractivity contribution in [1.82, 2.24) is 29.3 Å². The summed E-state index contributed by atoms with van der Waals surface area (Å²) in [5.41, 5.74) is 2.75. The van der Waals surface area contributed by atoms with Gasteiger partial charge >= 0.3 is 0 Å². The summed E-state index contributed by atoms with van der Waals surface area (Å²) in [4.78, 5) is 29.8. The molecule has 0 aliphatic carbocycles. The molecule has 7 heteroatoms. The average Bonchev–Trinajstić information content (AvgIpc) is 2.94. The number of nitrogens with zero attached hydrogens (tertiary/aromatic N) is 6. The van der Waals surface area contributed by atoms with Gasteiger partial charge in [0.1, 0.15) is 11.5 Å². The molecule has 1 aliphatic heterocycles. The van der Waals surface area contributed by atoms with E-state index in [1.807, 2.05) is 54.8 Å². The fraction of sp³-hybridized carbons (Fsp3) is 0.556. The van der Waals surface area contributed by atoms with Crippen LogP contribution >= 0.6 is 0 Å². The monoisotopic (exact) mass is 342 g/mol. The molecular weight excluding hydrogens is 316 g/mol. The summed E-state index contributed by atoms with van der Waals surface area (Å²) < 4.78 is 2.02. The van der Waals surface area contributed by atoms with Crippen molar-refractivity contribution in [2.24, 2.45) is 7.05 Å². The number of hydrogen-bond acceptors (Lipinski definition) is 5. The third-order valence-corrected chi connectivity index (χ3v) is 4.78. The lowest BCUT2D eigenvalue weighted by Crippen LogP contribution is -2.43. The van der Waals surface area contributed by atoms with E-state index in [1.54, 1.807) is 6.20 Å².